The first-order valence-corrected chi connectivity index (χ1v) is 8.91. The van der Waals surface area contributed by atoms with Gasteiger partial charge in [-0.05, 0) is 60.8 Å². The zero-order valence-corrected chi connectivity index (χ0v) is 14.4. The summed E-state index contributed by atoms with van der Waals surface area (Å²) in [7, 11) is 0. The second-order valence-electron chi connectivity index (χ2n) is 8.52. The van der Waals surface area contributed by atoms with Crippen LogP contribution in [0.3, 0.4) is 0 Å². The van der Waals surface area contributed by atoms with E-state index in [1.54, 1.807) is 5.57 Å². The molecule has 0 saturated heterocycles. The minimum atomic E-state index is -0.829. The molecule has 3 rings (SSSR count). The average Bonchev–Trinajstić information content (AvgIpc) is 2.46. The fraction of sp³-hybridized carbons (Fsp3) is 0.750. The third kappa shape index (κ3) is 2.18. The fourth-order valence-corrected chi connectivity index (χ4v) is 5.65. The summed E-state index contributed by atoms with van der Waals surface area (Å²) < 4.78 is 0. The Hall–Kier alpha value is -1.05. The lowest BCUT2D eigenvalue weighted by atomic mass is 9.46. The second kappa shape index (κ2) is 5.25. The van der Waals surface area contributed by atoms with Crippen LogP contribution in [0.5, 0.6) is 0 Å². The van der Waals surface area contributed by atoms with Crippen molar-refractivity contribution in [3.05, 3.63) is 23.3 Å². The Labute approximate surface area is 134 Å². The molecule has 22 heavy (non-hydrogen) atoms. The molecule has 0 N–H and O–H groups in total. The summed E-state index contributed by atoms with van der Waals surface area (Å²) in [6.07, 6.45) is 11.0. The average molecular weight is 301 g/mol. The number of hydrogen-bond acceptors (Lipinski definition) is 2. The van der Waals surface area contributed by atoms with E-state index in [9.17, 15) is 9.90 Å². The highest BCUT2D eigenvalue weighted by Gasteiger charge is 2.55. The van der Waals surface area contributed by atoms with Gasteiger partial charge in [0.25, 0.3) is 0 Å². The van der Waals surface area contributed by atoms with E-state index >= 15 is 0 Å². The van der Waals surface area contributed by atoms with E-state index in [-0.39, 0.29) is 11.3 Å². The van der Waals surface area contributed by atoms with E-state index in [2.05, 4.69) is 32.9 Å². The Balaban J connectivity index is 1.95. The molecule has 2 saturated carbocycles. The third-order valence-electron chi connectivity index (χ3n) is 7.02. The Kier molecular flexibility index (Phi) is 3.78. The van der Waals surface area contributed by atoms with Crippen LogP contribution in [0.15, 0.2) is 23.3 Å². The van der Waals surface area contributed by atoms with Gasteiger partial charge in [-0.2, -0.15) is 0 Å². The van der Waals surface area contributed by atoms with Crippen LogP contribution in [0.2, 0.25) is 0 Å². The van der Waals surface area contributed by atoms with Crippen molar-refractivity contribution in [2.24, 2.45) is 28.6 Å². The van der Waals surface area contributed by atoms with E-state index in [0.717, 1.165) is 38.5 Å². The molecule has 2 nitrogen and oxygen atoms in total. The standard InChI is InChI=1S/C20H30O2/c1-13(2)14-6-8-16-15(12-14)7-9-17-19(16,3)10-5-11-20(17,4)18(21)22/h6,12-13,16-17H,5,7-11H2,1-4H3,(H,21,22)/p-1/t16-,17?,19+,20+/m0/s1. The van der Waals surface area contributed by atoms with Crippen LogP contribution < -0.4 is 5.11 Å². The van der Waals surface area contributed by atoms with Crippen LogP contribution in [-0.4, -0.2) is 5.97 Å². The fourth-order valence-electron chi connectivity index (χ4n) is 5.65. The molecule has 3 aliphatic carbocycles. The monoisotopic (exact) mass is 301 g/mol. The normalized spacial score (nSPS) is 41.3. The van der Waals surface area contributed by atoms with Gasteiger partial charge < -0.3 is 9.90 Å². The highest BCUT2D eigenvalue weighted by molar-refractivity contribution is 5.73. The summed E-state index contributed by atoms with van der Waals surface area (Å²) in [5, 5.41) is 11.8. The summed E-state index contributed by atoms with van der Waals surface area (Å²) in [5.74, 6) is 0.548. The Morgan fingerprint density at radius 1 is 1.32 bits per heavy atom. The van der Waals surface area contributed by atoms with Gasteiger partial charge in [0.1, 0.15) is 0 Å². The summed E-state index contributed by atoms with van der Waals surface area (Å²) in [6.45, 7) is 8.80. The maximum Gasteiger partial charge on any atom is 0.0476 e. The molecule has 122 valence electrons. The van der Waals surface area contributed by atoms with Crippen molar-refractivity contribution >= 4 is 5.97 Å². The smallest absolute Gasteiger partial charge is 0.0476 e. The minimum absolute atomic E-state index is 0.121. The predicted octanol–water partition coefficient (Wildman–Crippen LogP) is 3.87. The molecule has 0 amide bonds. The molecule has 2 heteroatoms. The van der Waals surface area contributed by atoms with Crippen LogP contribution in [0.25, 0.3) is 0 Å². The number of fused-ring (bicyclic) bond motifs is 3. The predicted molar refractivity (Wildman–Crippen MR) is 86.9 cm³/mol. The molecule has 0 aromatic heterocycles. The van der Waals surface area contributed by atoms with Crippen LogP contribution in [-0.2, 0) is 4.79 Å². The maximum absolute atomic E-state index is 11.8. The van der Waals surface area contributed by atoms with Gasteiger partial charge in [0.2, 0.25) is 0 Å². The zero-order chi connectivity index (χ0) is 16.1. The first kappa shape index (κ1) is 15.8. The molecule has 1 unspecified atom stereocenters. The lowest BCUT2D eigenvalue weighted by Crippen LogP contribution is -2.56. The summed E-state index contributed by atoms with van der Waals surface area (Å²) in [6, 6.07) is 0. The van der Waals surface area contributed by atoms with E-state index in [1.165, 1.54) is 5.57 Å². The van der Waals surface area contributed by atoms with Crippen molar-refractivity contribution in [1.82, 2.24) is 0 Å². The molecule has 0 radical (unpaired) electrons. The largest absolute Gasteiger partial charge is 0.550 e. The molecule has 0 aromatic carbocycles. The minimum Gasteiger partial charge on any atom is -0.550 e. The van der Waals surface area contributed by atoms with Crippen molar-refractivity contribution in [1.29, 1.82) is 0 Å². The maximum atomic E-state index is 11.8. The summed E-state index contributed by atoms with van der Waals surface area (Å²) in [5.41, 5.74) is 2.52. The van der Waals surface area contributed by atoms with E-state index < -0.39 is 11.4 Å². The van der Waals surface area contributed by atoms with Crippen LogP contribution in [0.4, 0.5) is 0 Å². The third-order valence-corrected chi connectivity index (χ3v) is 7.02. The number of allylic oxidation sites excluding steroid dienone is 4. The number of rotatable bonds is 2. The van der Waals surface area contributed by atoms with Gasteiger partial charge in [-0.15, -0.1) is 0 Å². The second-order valence-corrected chi connectivity index (χ2v) is 8.52. The SMILES string of the molecule is CC(C)C1=CC[C@H]2C(=C1)CCC1[C@](C)(C(=O)[O-])CCC[C@@]12C. The van der Waals surface area contributed by atoms with Gasteiger partial charge in [0, 0.05) is 11.4 Å². The van der Waals surface area contributed by atoms with E-state index in [1.807, 2.05) is 6.92 Å². The van der Waals surface area contributed by atoms with Gasteiger partial charge in [0.15, 0.2) is 0 Å². The quantitative estimate of drug-likeness (QED) is 0.776. The van der Waals surface area contributed by atoms with Gasteiger partial charge in [-0.1, -0.05) is 51.8 Å². The number of carbonyl (C=O) groups is 1. The molecular weight excluding hydrogens is 272 g/mol. The van der Waals surface area contributed by atoms with Crippen LogP contribution in [0, 0.1) is 28.6 Å². The zero-order valence-electron chi connectivity index (χ0n) is 14.4. The number of aliphatic carboxylic acids is 1. The summed E-state index contributed by atoms with van der Waals surface area (Å²) >= 11 is 0. The number of hydrogen-bond donors (Lipinski definition) is 0. The lowest BCUT2D eigenvalue weighted by Gasteiger charge is -2.59. The Morgan fingerprint density at radius 2 is 2.05 bits per heavy atom. The van der Waals surface area contributed by atoms with Gasteiger partial charge >= 0.3 is 0 Å². The molecular formula is C20H29O2-. The molecule has 0 aromatic rings. The highest BCUT2D eigenvalue weighted by atomic mass is 16.4. The number of carboxylic acid groups (broad SMARTS) is 1. The van der Waals surface area contributed by atoms with Crippen molar-refractivity contribution in [3.63, 3.8) is 0 Å². The van der Waals surface area contributed by atoms with Crippen LogP contribution in [0.1, 0.15) is 66.2 Å². The molecule has 3 aliphatic rings. The molecule has 0 bridgehead atoms. The number of carboxylic acids is 1. The molecule has 0 spiro atoms. The number of carbonyl (C=O) groups excluding carboxylic acids is 1. The molecule has 4 atom stereocenters. The Morgan fingerprint density at radius 3 is 2.68 bits per heavy atom. The molecule has 0 aliphatic heterocycles. The molecule has 2 fully saturated rings. The van der Waals surface area contributed by atoms with Gasteiger partial charge in [-0.3, -0.25) is 0 Å². The Bertz CT molecular complexity index is 542. The topological polar surface area (TPSA) is 40.1 Å². The first-order chi connectivity index (χ1) is 10.3. The van der Waals surface area contributed by atoms with Gasteiger partial charge in [-0.25, -0.2) is 0 Å². The van der Waals surface area contributed by atoms with Crippen LogP contribution >= 0.6 is 0 Å². The molecule has 0 heterocycles. The van der Waals surface area contributed by atoms with Crippen molar-refractivity contribution in [2.75, 3.05) is 0 Å². The van der Waals surface area contributed by atoms with Crippen molar-refractivity contribution in [3.8, 4) is 0 Å². The lowest BCUT2D eigenvalue weighted by molar-refractivity contribution is -0.326. The van der Waals surface area contributed by atoms with E-state index in [0.29, 0.717) is 11.8 Å². The van der Waals surface area contributed by atoms with Crippen molar-refractivity contribution < 1.29 is 9.90 Å². The van der Waals surface area contributed by atoms with Gasteiger partial charge in [0.05, 0.1) is 0 Å². The van der Waals surface area contributed by atoms with Crippen molar-refractivity contribution in [2.45, 2.75) is 66.2 Å². The summed E-state index contributed by atoms with van der Waals surface area (Å²) in [4.78, 5) is 11.8. The van der Waals surface area contributed by atoms with E-state index in [4.69, 9.17) is 0 Å². The first-order valence-electron chi connectivity index (χ1n) is 8.91. The highest BCUT2D eigenvalue weighted by Crippen LogP contribution is 2.62.